The van der Waals surface area contributed by atoms with E-state index in [1.807, 2.05) is 42.5 Å². The molecule has 2 aromatic rings. The molecule has 0 aliphatic carbocycles. The first-order valence-electron chi connectivity index (χ1n) is 6.88. The summed E-state index contributed by atoms with van der Waals surface area (Å²) in [4.78, 5) is 0. The van der Waals surface area contributed by atoms with Crippen LogP contribution in [0.2, 0.25) is 0 Å². The van der Waals surface area contributed by atoms with Crippen LogP contribution in [0.3, 0.4) is 0 Å². The lowest BCUT2D eigenvalue weighted by molar-refractivity contribution is 0.0374. The first-order chi connectivity index (χ1) is 9.79. The zero-order valence-electron chi connectivity index (χ0n) is 11.5. The number of hydrogen-bond donors (Lipinski definition) is 2. The monoisotopic (exact) mass is 271 g/mol. The molecular weight excluding hydrogens is 250 g/mol. The molecule has 2 rings (SSSR count). The van der Waals surface area contributed by atoms with Gasteiger partial charge in [0.25, 0.3) is 0 Å². The summed E-state index contributed by atoms with van der Waals surface area (Å²) in [5, 5.41) is 10.0. The first kappa shape index (κ1) is 14.7. The summed E-state index contributed by atoms with van der Waals surface area (Å²) in [6.07, 6.45) is 0.275. The van der Waals surface area contributed by atoms with Crippen molar-refractivity contribution in [2.45, 2.75) is 19.1 Å². The molecule has 2 aromatic carbocycles. The van der Waals surface area contributed by atoms with Crippen LogP contribution in [0.1, 0.15) is 22.8 Å². The highest BCUT2D eigenvalue weighted by Crippen LogP contribution is 2.14. The van der Waals surface area contributed by atoms with Gasteiger partial charge in [-0.05, 0) is 23.1 Å². The Bertz CT molecular complexity index is 496. The molecule has 0 aliphatic rings. The van der Waals surface area contributed by atoms with Crippen molar-refractivity contribution < 1.29 is 9.84 Å². The van der Waals surface area contributed by atoms with Crippen LogP contribution in [-0.4, -0.2) is 18.3 Å². The topological polar surface area (TPSA) is 55.5 Å². The largest absolute Gasteiger partial charge is 0.386 e. The van der Waals surface area contributed by atoms with Crippen molar-refractivity contribution in [1.29, 1.82) is 0 Å². The number of aliphatic hydroxyl groups is 1. The maximum atomic E-state index is 10.0. The van der Waals surface area contributed by atoms with Gasteiger partial charge >= 0.3 is 0 Å². The van der Waals surface area contributed by atoms with Gasteiger partial charge < -0.3 is 15.6 Å². The molecule has 0 aromatic heterocycles. The Balaban J connectivity index is 1.73. The Hall–Kier alpha value is -1.68. The molecule has 0 saturated carbocycles. The highest BCUT2D eigenvalue weighted by molar-refractivity contribution is 5.24. The summed E-state index contributed by atoms with van der Waals surface area (Å²) < 4.78 is 5.54. The lowest BCUT2D eigenvalue weighted by Crippen LogP contribution is -2.09. The van der Waals surface area contributed by atoms with Crippen LogP contribution in [0.5, 0.6) is 0 Å². The van der Waals surface area contributed by atoms with Gasteiger partial charge in [-0.1, -0.05) is 54.6 Å². The van der Waals surface area contributed by atoms with Gasteiger partial charge in [-0.3, -0.25) is 0 Å². The summed E-state index contributed by atoms with van der Waals surface area (Å²) in [5.41, 5.74) is 8.71. The summed E-state index contributed by atoms with van der Waals surface area (Å²) in [7, 11) is 0. The standard InChI is InChI=1S/C17H21NO2/c18-12-15-6-8-16(9-7-15)17(19)13-20-11-10-14-4-2-1-3-5-14/h1-9,17,19H,10-13,18H2. The molecule has 0 bridgehead atoms. The second-order valence-corrected chi connectivity index (χ2v) is 4.77. The van der Waals surface area contributed by atoms with E-state index in [0.29, 0.717) is 19.8 Å². The van der Waals surface area contributed by atoms with Crippen LogP contribution >= 0.6 is 0 Å². The highest BCUT2D eigenvalue weighted by atomic mass is 16.5. The lowest BCUT2D eigenvalue weighted by Gasteiger charge is -2.12. The fourth-order valence-electron chi connectivity index (χ4n) is 2.00. The van der Waals surface area contributed by atoms with E-state index < -0.39 is 6.10 Å². The Kier molecular flexibility index (Phi) is 5.74. The number of nitrogens with two attached hydrogens (primary N) is 1. The van der Waals surface area contributed by atoms with Gasteiger partial charge in [-0.15, -0.1) is 0 Å². The summed E-state index contributed by atoms with van der Waals surface area (Å²) in [6.45, 7) is 1.45. The molecule has 0 fully saturated rings. The SMILES string of the molecule is NCc1ccc(C(O)COCCc2ccccc2)cc1. The fourth-order valence-corrected chi connectivity index (χ4v) is 2.00. The van der Waals surface area contributed by atoms with Crippen LogP contribution in [0.15, 0.2) is 54.6 Å². The summed E-state index contributed by atoms with van der Waals surface area (Å²) in [5.74, 6) is 0. The molecule has 106 valence electrons. The van der Waals surface area contributed by atoms with Gasteiger partial charge in [0.15, 0.2) is 0 Å². The predicted octanol–water partition coefficient (Wildman–Crippen LogP) is 2.44. The minimum absolute atomic E-state index is 0.314. The van der Waals surface area contributed by atoms with E-state index in [9.17, 15) is 5.11 Å². The zero-order valence-corrected chi connectivity index (χ0v) is 11.5. The van der Waals surface area contributed by atoms with Crippen molar-refractivity contribution in [3.05, 3.63) is 71.3 Å². The van der Waals surface area contributed by atoms with Crippen LogP contribution in [0.4, 0.5) is 0 Å². The molecule has 0 saturated heterocycles. The first-order valence-corrected chi connectivity index (χ1v) is 6.88. The predicted molar refractivity (Wildman–Crippen MR) is 80.3 cm³/mol. The number of hydrogen-bond acceptors (Lipinski definition) is 3. The Labute approximate surface area is 120 Å². The maximum Gasteiger partial charge on any atom is 0.102 e. The van der Waals surface area contributed by atoms with Gasteiger partial charge in [0, 0.05) is 6.54 Å². The normalized spacial score (nSPS) is 12.3. The van der Waals surface area contributed by atoms with E-state index in [1.165, 1.54) is 5.56 Å². The molecule has 3 N–H and O–H groups in total. The summed E-state index contributed by atoms with van der Waals surface area (Å²) >= 11 is 0. The molecule has 3 nitrogen and oxygen atoms in total. The highest BCUT2D eigenvalue weighted by Gasteiger charge is 2.07. The number of aliphatic hydroxyl groups excluding tert-OH is 1. The zero-order chi connectivity index (χ0) is 14.2. The van der Waals surface area contributed by atoms with Crippen molar-refractivity contribution in [2.24, 2.45) is 5.73 Å². The van der Waals surface area contributed by atoms with Crippen molar-refractivity contribution in [2.75, 3.05) is 13.2 Å². The Morgan fingerprint density at radius 1 is 0.950 bits per heavy atom. The molecule has 1 unspecified atom stereocenters. The Morgan fingerprint density at radius 2 is 1.65 bits per heavy atom. The molecule has 20 heavy (non-hydrogen) atoms. The molecular formula is C17H21NO2. The number of rotatable bonds is 7. The number of benzene rings is 2. The third-order valence-corrected chi connectivity index (χ3v) is 3.25. The molecule has 0 spiro atoms. The van der Waals surface area contributed by atoms with E-state index in [0.717, 1.165) is 17.5 Å². The summed E-state index contributed by atoms with van der Waals surface area (Å²) in [6, 6.07) is 17.8. The minimum atomic E-state index is -0.586. The van der Waals surface area contributed by atoms with Gasteiger partial charge in [-0.2, -0.15) is 0 Å². The molecule has 0 aliphatic heterocycles. The lowest BCUT2D eigenvalue weighted by atomic mass is 10.1. The van der Waals surface area contributed by atoms with Crippen LogP contribution in [0.25, 0.3) is 0 Å². The van der Waals surface area contributed by atoms with Crippen molar-refractivity contribution >= 4 is 0 Å². The van der Waals surface area contributed by atoms with Gasteiger partial charge in [0.1, 0.15) is 6.10 Å². The van der Waals surface area contributed by atoms with E-state index >= 15 is 0 Å². The second kappa shape index (κ2) is 7.80. The average Bonchev–Trinajstić information content (AvgIpc) is 2.52. The van der Waals surface area contributed by atoms with E-state index in [1.54, 1.807) is 0 Å². The average molecular weight is 271 g/mol. The van der Waals surface area contributed by atoms with E-state index in [-0.39, 0.29) is 0 Å². The maximum absolute atomic E-state index is 10.0. The van der Waals surface area contributed by atoms with Gasteiger partial charge in [-0.25, -0.2) is 0 Å². The third kappa shape index (κ3) is 4.46. The van der Waals surface area contributed by atoms with Gasteiger partial charge in [0.2, 0.25) is 0 Å². The van der Waals surface area contributed by atoms with Crippen LogP contribution in [-0.2, 0) is 17.7 Å². The molecule has 0 radical (unpaired) electrons. The smallest absolute Gasteiger partial charge is 0.102 e. The van der Waals surface area contributed by atoms with Gasteiger partial charge in [0.05, 0.1) is 13.2 Å². The molecule has 3 heteroatoms. The third-order valence-electron chi connectivity index (χ3n) is 3.25. The van der Waals surface area contributed by atoms with E-state index in [2.05, 4.69) is 12.1 Å². The van der Waals surface area contributed by atoms with Crippen LogP contribution in [0, 0.1) is 0 Å². The number of ether oxygens (including phenoxy) is 1. The van der Waals surface area contributed by atoms with Crippen molar-refractivity contribution in [3.63, 3.8) is 0 Å². The fraction of sp³-hybridized carbons (Fsp3) is 0.294. The van der Waals surface area contributed by atoms with Crippen LogP contribution < -0.4 is 5.73 Å². The quantitative estimate of drug-likeness (QED) is 0.760. The molecule has 0 heterocycles. The second-order valence-electron chi connectivity index (χ2n) is 4.77. The molecule has 0 amide bonds. The van der Waals surface area contributed by atoms with Crippen molar-refractivity contribution in [1.82, 2.24) is 0 Å². The van der Waals surface area contributed by atoms with E-state index in [4.69, 9.17) is 10.5 Å². The minimum Gasteiger partial charge on any atom is -0.386 e. The molecule has 1 atom stereocenters. The Morgan fingerprint density at radius 3 is 2.30 bits per heavy atom. The van der Waals surface area contributed by atoms with Crippen molar-refractivity contribution in [3.8, 4) is 0 Å².